The molecule has 4 nitrogen and oxygen atoms in total. The number of carbonyl (C=O) groups excluding carboxylic acids is 1. The maximum atomic E-state index is 10.6. The van der Waals surface area contributed by atoms with E-state index in [9.17, 15) is 4.79 Å². The quantitative estimate of drug-likeness (QED) is 0.547. The van der Waals surface area contributed by atoms with E-state index in [0.717, 1.165) is 0 Å². The highest BCUT2D eigenvalue weighted by Crippen LogP contribution is 1.97. The second-order valence-electron chi connectivity index (χ2n) is 2.97. The van der Waals surface area contributed by atoms with E-state index in [1.165, 1.54) is 7.11 Å². The van der Waals surface area contributed by atoms with Crippen molar-refractivity contribution in [3.63, 3.8) is 0 Å². The summed E-state index contributed by atoms with van der Waals surface area (Å²) in [6, 6.07) is 0. The maximum absolute atomic E-state index is 10.6. The molecule has 0 unspecified atom stereocenters. The Bertz CT molecular complexity index is 134. The van der Waals surface area contributed by atoms with Crippen LogP contribution in [0.15, 0.2) is 0 Å². The molecule has 0 bridgehead atoms. The van der Waals surface area contributed by atoms with Crippen molar-refractivity contribution in [3.05, 3.63) is 0 Å². The number of nitrogens with one attached hydrogen (secondary N) is 1. The van der Waals surface area contributed by atoms with Crippen LogP contribution < -0.4 is 5.32 Å². The van der Waals surface area contributed by atoms with E-state index in [0.29, 0.717) is 0 Å². The lowest BCUT2D eigenvalue weighted by atomic mass is 10.1. The van der Waals surface area contributed by atoms with Crippen LogP contribution in [0, 0.1) is 0 Å². The second kappa shape index (κ2) is 4.31. The highest BCUT2D eigenvalue weighted by Gasteiger charge is 2.16. The van der Waals surface area contributed by atoms with Crippen LogP contribution in [-0.4, -0.2) is 36.9 Å². The topological polar surface area (TPSA) is 58.6 Å². The van der Waals surface area contributed by atoms with Crippen LogP contribution in [0.3, 0.4) is 0 Å². The zero-order valence-electron chi connectivity index (χ0n) is 7.18. The Labute approximate surface area is 66.5 Å². The predicted molar refractivity (Wildman–Crippen MR) is 41.2 cm³/mol. The van der Waals surface area contributed by atoms with Gasteiger partial charge in [0.25, 0.3) is 0 Å². The van der Waals surface area contributed by atoms with Gasteiger partial charge in [-0.05, 0) is 13.8 Å². The molecule has 0 aliphatic heterocycles. The Morgan fingerprint density at radius 2 is 2.18 bits per heavy atom. The molecule has 0 aliphatic carbocycles. The third-order valence-corrected chi connectivity index (χ3v) is 1.33. The summed E-state index contributed by atoms with van der Waals surface area (Å²) >= 11 is 0. The highest BCUT2D eigenvalue weighted by molar-refractivity contribution is 5.71. The molecular formula is C7H15NO3. The maximum Gasteiger partial charge on any atom is 0.319 e. The third kappa shape index (κ3) is 4.75. The van der Waals surface area contributed by atoms with Crippen LogP contribution in [0.5, 0.6) is 0 Å². The standard InChI is InChI=1S/C7H15NO3/c1-7(2,5-9)8-4-6(10)11-3/h8-9H,4-5H2,1-3H3. The predicted octanol–water partition coefficient (Wildman–Crippen LogP) is -0.480. The number of rotatable bonds is 4. The lowest BCUT2D eigenvalue weighted by Gasteiger charge is -2.22. The van der Waals surface area contributed by atoms with Gasteiger partial charge in [-0.15, -0.1) is 0 Å². The number of carbonyl (C=O) groups is 1. The minimum absolute atomic E-state index is 0.00993. The first-order valence-electron chi connectivity index (χ1n) is 3.44. The van der Waals surface area contributed by atoms with Gasteiger partial charge in [-0.2, -0.15) is 0 Å². The van der Waals surface area contributed by atoms with Gasteiger partial charge in [0.1, 0.15) is 0 Å². The van der Waals surface area contributed by atoms with E-state index >= 15 is 0 Å². The minimum Gasteiger partial charge on any atom is -0.468 e. The molecule has 0 aliphatic rings. The van der Waals surface area contributed by atoms with Gasteiger partial charge in [0.15, 0.2) is 0 Å². The van der Waals surface area contributed by atoms with Gasteiger partial charge < -0.3 is 9.84 Å². The van der Waals surface area contributed by atoms with Crippen molar-refractivity contribution < 1.29 is 14.6 Å². The lowest BCUT2D eigenvalue weighted by Crippen LogP contribution is -2.45. The highest BCUT2D eigenvalue weighted by atomic mass is 16.5. The summed E-state index contributed by atoms with van der Waals surface area (Å²) < 4.78 is 4.41. The molecule has 66 valence electrons. The van der Waals surface area contributed by atoms with Crippen LogP contribution >= 0.6 is 0 Å². The number of esters is 1. The Hall–Kier alpha value is -0.610. The first kappa shape index (κ1) is 10.4. The van der Waals surface area contributed by atoms with E-state index in [1.807, 2.05) is 0 Å². The number of hydrogen-bond acceptors (Lipinski definition) is 4. The molecule has 0 aromatic carbocycles. The largest absolute Gasteiger partial charge is 0.468 e. The van der Waals surface area contributed by atoms with Crippen LogP contribution in [0.1, 0.15) is 13.8 Å². The molecule has 0 spiro atoms. The van der Waals surface area contributed by atoms with Gasteiger partial charge in [0.05, 0.1) is 20.3 Å². The van der Waals surface area contributed by atoms with Gasteiger partial charge >= 0.3 is 5.97 Å². The molecule has 0 saturated carbocycles. The molecular weight excluding hydrogens is 146 g/mol. The Morgan fingerprint density at radius 3 is 2.55 bits per heavy atom. The minimum atomic E-state index is -0.422. The first-order chi connectivity index (χ1) is 5.02. The zero-order valence-corrected chi connectivity index (χ0v) is 7.18. The third-order valence-electron chi connectivity index (χ3n) is 1.33. The fraction of sp³-hybridized carbons (Fsp3) is 0.857. The Balaban J connectivity index is 3.61. The van der Waals surface area contributed by atoms with Gasteiger partial charge in [-0.25, -0.2) is 0 Å². The van der Waals surface area contributed by atoms with Gasteiger partial charge in [0.2, 0.25) is 0 Å². The Kier molecular flexibility index (Phi) is 4.07. The average Bonchev–Trinajstić information content (AvgIpc) is 2.00. The smallest absolute Gasteiger partial charge is 0.319 e. The molecule has 0 radical (unpaired) electrons. The molecule has 0 amide bonds. The van der Waals surface area contributed by atoms with Crippen molar-refractivity contribution in [2.45, 2.75) is 19.4 Å². The molecule has 2 N–H and O–H groups in total. The molecule has 0 atom stereocenters. The molecule has 0 saturated heterocycles. The van der Waals surface area contributed by atoms with Gasteiger partial charge in [-0.1, -0.05) is 0 Å². The molecule has 0 heterocycles. The molecule has 0 rings (SSSR count). The summed E-state index contributed by atoms with van der Waals surface area (Å²) in [5.41, 5.74) is -0.422. The first-order valence-corrected chi connectivity index (χ1v) is 3.44. The zero-order chi connectivity index (χ0) is 8.91. The summed E-state index contributed by atoms with van der Waals surface area (Å²) in [6.45, 7) is 3.72. The van der Waals surface area contributed by atoms with Crippen molar-refractivity contribution in [3.8, 4) is 0 Å². The summed E-state index contributed by atoms with van der Waals surface area (Å²) in [5.74, 6) is -0.327. The van der Waals surface area contributed by atoms with E-state index in [1.54, 1.807) is 13.8 Å². The van der Waals surface area contributed by atoms with Crippen LogP contribution in [0.4, 0.5) is 0 Å². The number of methoxy groups -OCH3 is 1. The monoisotopic (exact) mass is 161 g/mol. The van der Waals surface area contributed by atoms with Crippen molar-refractivity contribution >= 4 is 5.97 Å². The Morgan fingerprint density at radius 1 is 1.64 bits per heavy atom. The number of ether oxygens (including phenoxy) is 1. The van der Waals surface area contributed by atoms with Gasteiger partial charge in [-0.3, -0.25) is 10.1 Å². The van der Waals surface area contributed by atoms with Crippen molar-refractivity contribution in [1.82, 2.24) is 5.32 Å². The second-order valence-corrected chi connectivity index (χ2v) is 2.97. The van der Waals surface area contributed by atoms with Crippen molar-refractivity contribution in [2.75, 3.05) is 20.3 Å². The van der Waals surface area contributed by atoms with Crippen LogP contribution in [-0.2, 0) is 9.53 Å². The van der Waals surface area contributed by atoms with Crippen molar-refractivity contribution in [1.29, 1.82) is 0 Å². The molecule has 4 heteroatoms. The number of hydrogen-bond donors (Lipinski definition) is 2. The van der Waals surface area contributed by atoms with Crippen molar-refractivity contribution in [2.24, 2.45) is 0 Å². The van der Waals surface area contributed by atoms with Gasteiger partial charge in [0, 0.05) is 5.54 Å². The summed E-state index contributed by atoms with van der Waals surface area (Å²) in [5, 5.41) is 11.6. The SMILES string of the molecule is COC(=O)CNC(C)(C)CO. The fourth-order valence-electron chi connectivity index (χ4n) is 0.440. The van der Waals surface area contributed by atoms with E-state index < -0.39 is 5.54 Å². The van der Waals surface area contributed by atoms with Crippen LogP contribution in [0.25, 0.3) is 0 Å². The number of aliphatic hydroxyl groups is 1. The molecule has 0 aromatic heterocycles. The summed E-state index contributed by atoms with van der Waals surface area (Å²) in [6.07, 6.45) is 0. The molecule has 11 heavy (non-hydrogen) atoms. The normalized spacial score (nSPS) is 11.3. The summed E-state index contributed by atoms with van der Waals surface area (Å²) in [4.78, 5) is 10.6. The van der Waals surface area contributed by atoms with Crippen LogP contribution in [0.2, 0.25) is 0 Å². The summed E-state index contributed by atoms with van der Waals surface area (Å²) in [7, 11) is 1.33. The lowest BCUT2D eigenvalue weighted by molar-refractivity contribution is -0.139. The number of aliphatic hydroxyl groups excluding tert-OH is 1. The molecule has 0 aromatic rings. The molecule has 0 fully saturated rings. The van der Waals surface area contributed by atoms with E-state index in [4.69, 9.17) is 5.11 Å². The van der Waals surface area contributed by atoms with E-state index in [-0.39, 0.29) is 19.1 Å². The fourth-order valence-corrected chi connectivity index (χ4v) is 0.440. The average molecular weight is 161 g/mol. The van der Waals surface area contributed by atoms with E-state index in [2.05, 4.69) is 10.1 Å².